The van der Waals surface area contributed by atoms with Gasteiger partial charge in [0.2, 0.25) is 0 Å². The molecule has 16 nitrogen and oxygen atoms in total. The average Bonchev–Trinajstić information content (AvgIpc) is 3.55. The number of nitrogens with one attached hydrogen (secondary N) is 2. The van der Waals surface area contributed by atoms with E-state index in [0.29, 0.717) is 11.2 Å². The van der Waals surface area contributed by atoms with Gasteiger partial charge in [-0.05, 0) is 11.8 Å². The van der Waals surface area contributed by atoms with Gasteiger partial charge in [-0.3, -0.25) is 24.2 Å². The van der Waals surface area contributed by atoms with Gasteiger partial charge < -0.3 is 33.5 Å². The van der Waals surface area contributed by atoms with Gasteiger partial charge in [0.15, 0.2) is 24.1 Å². The molecule has 1 fully saturated rings. The van der Waals surface area contributed by atoms with E-state index in [4.69, 9.17) is 40.0 Å². The van der Waals surface area contributed by atoms with Crippen LogP contribution in [0.1, 0.15) is 5.82 Å². The summed E-state index contributed by atoms with van der Waals surface area (Å²) in [4.78, 5) is 40.8. The molecule has 1 amide bonds. The largest absolute Gasteiger partial charge is 0.387 e. The Morgan fingerprint density at radius 1 is 1.32 bits per heavy atom. The normalized spacial score (nSPS) is 36.9. The summed E-state index contributed by atoms with van der Waals surface area (Å²) in [6.45, 7) is -9.08. The summed E-state index contributed by atoms with van der Waals surface area (Å²) in [7, 11) is 0. The lowest BCUT2D eigenvalue weighted by Gasteiger charge is -2.31. The van der Waals surface area contributed by atoms with Gasteiger partial charge in [-0.1, -0.05) is 12.2 Å². The maximum Gasteiger partial charge on any atom is 0.387 e. The lowest BCUT2D eigenvalue weighted by molar-refractivity contribution is -0.120. The van der Waals surface area contributed by atoms with E-state index in [2.05, 4.69) is 37.5 Å². The number of hydrogen-bond donors (Lipinski definition) is 4. The Kier molecular flexibility index (Phi) is 7.40. The van der Waals surface area contributed by atoms with Crippen molar-refractivity contribution < 1.29 is 41.5 Å². The first-order valence-electron chi connectivity index (χ1n) is 11.7. The number of thiol groups is 1. The van der Waals surface area contributed by atoms with Crippen molar-refractivity contribution in [1.82, 2.24) is 29.7 Å². The molecule has 0 aliphatic carbocycles. The van der Waals surface area contributed by atoms with E-state index in [1.54, 1.807) is 4.57 Å². The quantitative estimate of drug-likeness (QED) is 0.254. The Morgan fingerprint density at radius 3 is 2.98 bits per heavy atom. The fourth-order valence-electron chi connectivity index (χ4n) is 4.59. The summed E-state index contributed by atoms with van der Waals surface area (Å²) in [5, 5.41) is 10.2. The van der Waals surface area contributed by atoms with Crippen LogP contribution in [0.3, 0.4) is 0 Å². The number of carbonyl (C=O) groups is 1. The number of aliphatic imine (C=N–C) groups is 1. The second kappa shape index (κ2) is 10.6. The number of nitrogens with zero attached hydrogens (tertiary/aromatic N) is 6. The van der Waals surface area contributed by atoms with Crippen molar-refractivity contribution in [2.45, 2.75) is 43.8 Å². The Bertz CT molecular complexity index is 1540. The van der Waals surface area contributed by atoms with Crippen LogP contribution in [0.25, 0.3) is 11.2 Å². The Hall–Kier alpha value is -2.18. The molecule has 3 N–H and O–H groups in total. The Labute approximate surface area is 235 Å². The molecule has 214 valence electrons. The highest BCUT2D eigenvalue weighted by Gasteiger charge is 2.54. The van der Waals surface area contributed by atoms with Crippen molar-refractivity contribution in [2.75, 3.05) is 13.2 Å². The van der Waals surface area contributed by atoms with Crippen LogP contribution in [-0.4, -0.2) is 91.3 Å². The molecule has 0 saturated carbocycles. The highest BCUT2D eigenvalue weighted by molar-refractivity contribution is 8.44. The molecular formula is C19H21FN8O8P2S2. The third kappa shape index (κ3) is 5.38. The van der Waals surface area contributed by atoms with Crippen LogP contribution in [0, 0.1) is 5.41 Å². The lowest BCUT2D eigenvalue weighted by Crippen LogP contribution is -2.48. The van der Waals surface area contributed by atoms with E-state index in [9.17, 15) is 14.3 Å². The third-order valence-corrected chi connectivity index (χ3v) is 9.54. The molecule has 0 radical (unpaired) electrons. The van der Waals surface area contributed by atoms with Gasteiger partial charge in [-0.2, -0.15) is 0 Å². The Morgan fingerprint density at radius 2 is 2.15 bits per heavy atom. The predicted octanol–water partition coefficient (Wildman–Crippen LogP) is 0.796. The average molecular weight is 635 g/mol. The van der Waals surface area contributed by atoms with E-state index >= 15 is 4.39 Å². The number of amidine groups is 1. The molecular weight excluding hydrogens is 613 g/mol. The number of alkyl halides is 1. The van der Waals surface area contributed by atoms with Crippen LogP contribution < -0.4 is 5.32 Å². The summed E-state index contributed by atoms with van der Waals surface area (Å²) in [6.07, 6.45) is -0.947. The molecule has 0 aromatic carbocycles. The standard InChI is InChI=1S/C19H21FN8O8P2S2/c20-14-11-5-33-37(30,39)32-2-1-27-13(25-9-4-22-7-23-17(9)27)6-34-38(31,40)36-16(14)19(35-11)28-8-24-15-10(28)3-12(21)26-18(15)29/h3-4,7-8,11,14-16,19H,1-2,5-6H2,(H,30,39)(H,31,40)(H2,21,26,29)/t11-,14-,15?,16-,19+,37?,38?/m1/s1. The van der Waals surface area contributed by atoms with Crippen molar-refractivity contribution in [2.24, 2.45) is 4.99 Å². The highest BCUT2D eigenvalue weighted by atomic mass is 32.7. The number of imidazole rings is 1. The number of aromatic nitrogens is 4. The van der Waals surface area contributed by atoms with E-state index in [1.165, 1.54) is 29.8 Å². The third-order valence-electron chi connectivity index (χ3n) is 6.33. The minimum atomic E-state index is -4.28. The van der Waals surface area contributed by atoms with Gasteiger partial charge in [-0.25, -0.2) is 23.9 Å². The number of rotatable bonds is 1. The predicted molar refractivity (Wildman–Crippen MR) is 142 cm³/mol. The summed E-state index contributed by atoms with van der Waals surface area (Å²) < 4.78 is 58.5. The molecule has 0 spiro atoms. The molecule has 2 aromatic heterocycles. The van der Waals surface area contributed by atoms with Gasteiger partial charge in [-0.15, -0.1) is 0 Å². The van der Waals surface area contributed by atoms with Gasteiger partial charge in [0, 0.05) is 12.6 Å². The zero-order valence-corrected chi connectivity index (χ0v) is 23.6. The van der Waals surface area contributed by atoms with Crippen molar-refractivity contribution in [3.63, 3.8) is 0 Å². The van der Waals surface area contributed by atoms with Crippen LogP contribution in [0.2, 0.25) is 0 Å². The fraction of sp³-hybridized carbons (Fsp3) is 0.474. The molecule has 21 heteroatoms. The first-order valence-corrected chi connectivity index (χ1v) is 16.9. The molecule has 7 atom stereocenters. The lowest BCUT2D eigenvalue weighted by atomic mass is 10.1. The number of fused-ring (bicyclic) bond motifs is 6. The molecule has 2 bridgehead atoms. The van der Waals surface area contributed by atoms with Gasteiger partial charge >= 0.3 is 13.5 Å². The van der Waals surface area contributed by atoms with Crippen molar-refractivity contribution in [3.8, 4) is 0 Å². The minimum Gasteiger partial charge on any atom is -0.346 e. The zero-order chi connectivity index (χ0) is 28.2. The van der Waals surface area contributed by atoms with Gasteiger partial charge in [0.1, 0.15) is 42.3 Å². The van der Waals surface area contributed by atoms with Gasteiger partial charge in [0.05, 0.1) is 31.4 Å². The second-order valence-corrected chi connectivity index (χ2v) is 14.6. The summed E-state index contributed by atoms with van der Waals surface area (Å²) in [5.74, 6) is -0.515. The first-order chi connectivity index (χ1) is 19.0. The molecule has 2 aromatic rings. The highest BCUT2D eigenvalue weighted by Crippen LogP contribution is 2.57. The van der Waals surface area contributed by atoms with Crippen LogP contribution in [-0.2, 0) is 57.1 Å². The summed E-state index contributed by atoms with van der Waals surface area (Å²) in [5.41, 5.74) is 1.04. The van der Waals surface area contributed by atoms with Crippen LogP contribution in [0.5, 0.6) is 0 Å². The van der Waals surface area contributed by atoms with E-state index in [1.807, 2.05) is 0 Å². The number of hydrogen-bond acceptors (Lipinski definition) is 14. The molecule has 4 aliphatic heterocycles. The minimum absolute atomic E-state index is 0.107. The maximum absolute atomic E-state index is 15.8. The molecule has 6 heterocycles. The SMILES string of the molecule is N=C1C=C2C(N=CN2[C@H]2O[C@@H]3COP(O)(=S)OCCn4c(nc5cncnc54)COP(=O)(S)O[C@@H]2[C@@H]3F)C(=O)N1. The van der Waals surface area contributed by atoms with E-state index in [0.717, 1.165) is 0 Å². The van der Waals surface area contributed by atoms with Crippen LogP contribution in [0.4, 0.5) is 4.39 Å². The molecule has 4 aliphatic rings. The summed E-state index contributed by atoms with van der Waals surface area (Å²) in [6, 6.07) is -1.00. The second-order valence-electron chi connectivity index (χ2n) is 8.88. The molecule has 1 saturated heterocycles. The van der Waals surface area contributed by atoms with Crippen LogP contribution in [0.15, 0.2) is 29.3 Å². The smallest absolute Gasteiger partial charge is 0.346 e. The molecule has 40 heavy (non-hydrogen) atoms. The Balaban J connectivity index is 1.33. The number of halogens is 1. The number of ether oxygens (including phenoxy) is 1. The number of carbonyl (C=O) groups excluding carboxylic acids is 1. The van der Waals surface area contributed by atoms with E-state index < -0.39 is 56.7 Å². The van der Waals surface area contributed by atoms with Crippen molar-refractivity contribution in [3.05, 3.63) is 30.1 Å². The summed E-state index contributed by atoms with van der Waals surface area (Å²) >= 11 is 9.15. The van der Waals surface area contributed by atoms with Crippen LogP contribution >= 0.6 is 25.8 Å². The van der Waals surface area contributed by atoms with Crippen molar-refractivity contribution >= 4 is 66.8 Å². The molecule has 6 rings (SSSR count). The van der Waals surface area contributed by atoms with E-state index in [-0.39, 0.29) is 37.1 Å². The van der Waals surface area contributed by atoms with Gasteiger partial charge in [0.25, 0.3) is 5.91 Å². The number of amides is 1. The zero-order valence-electron chi connectivity index (χ0n) is 20.1. The first kappa shape index (κ1) is 28.0. The fourth-order valence-corrected chi connectivity index (χ4v) is 7.08. The monoisotopic (exact) mass is 634 g/mol. The van der Waals surface area contributed by atoms with Crippen molar-refractivity contribution in [1.29, 1.82) is 5.41 Å². The maximum atomic E-state index is 15.8. The topological polar surface area (TPSA) is 196 Å². The molecule has 3 unspecified atom stereocenters.